The fourth-order valence-corrected chi connectivity index (χ4v) is 2.28. The second-order valence-corrected chi connectivity index (χ2v) is 5.71. The quantitative estimate of drug-likeness (QED) is 0.846. The molecule has 1 fully saturated rings. The van der Waals surface area contributed by atoms with E-state index < -0.39 is 5.54 Å². The van der Waals surface area contributed by atoms with Crippen LogP contribution in [0.3, 0.4) is 0 Å². The zero-order chi connectivity index (χ0) is 14.0. The highest BCUT2D eigenvalue weighted by atomic mass is 35.5. The first-order chi connectivity index (χ1) is 8.97. The minimum absolute atomic E-state index is 0.291. The standard InChI is InChI=1S/C14H17Cl2NO2/c1-3-19-13(18)14(2,17-10-5-6-10)9-4-7-11(15)12(16)8-9/h4,7-8,10,17H,3,5-6H2,1-2H3. The van der Waals surface area contributed by atoms with Crippen LogP contribution in [0.2, 0.25) is 10.0 Å². The summed E-state index contributed by atoms with van der Waals surface area (Å²) in [6.07, 6.45) is 2.16. The van der Waals surface area contributed by atoms with Crippen LogP contribution in [-0.4, -0.2) is 18.6 Å². The summed E-state index contributed by atoms with van der Waals surface area (Å²) in [5.74, 6) is -0.291. The first-order valence-corrected chi connectivity index (χ1v) is 7.13. The van der Waals surface area contributed by atoms with E-state index in [1.54, 1.807) is 25.1 Å². The van der Waals surface area contributed by atoms with E-state index in [1.165, 1.54) is 0 Å². The van der Waals surface area contributed by atoms with Crippen molar-refractivity contribution in [3.8, 4) is 0 Å². The fraction of sp³-hybridized carbons (Fsp3) is 0.500. The van der Waals surface area contributed by atoms with Gasteiger partial charge in [-0.25, -0.2) is 4.79 Å². The summed E-state index contributed by atoms with van der Waals surface area (Å²) in [6.45, 7) is 3.97. The molecule has 1 N–H and O–H groups in total. The third-order valence-corrected chi connectivity index (χ3v) is 3.99. The second-order valence-electron chi connectivity index (χ2n) is 4.89. The number of carbonyl (C=O) groups is 1. The summed E-state index contributed by atoms with van der Waals surface area (Å²) in [4.78, 5) is 12.3. The van der Waals surface area contributed by atoms with Gasteiger partial charge in [0.15, 0.2) is 0 Å². The van der Waals surface area contributed by atoms with Gasteiger partial charge in [0, 0.05) is 6.04 Å². The van der Waals surface area contributed by atoms with Crippen molar-refractivity contribution in [2.24, 2.45) is 0 Å². The Hall–Kier alpha value is -0.770. The van der Waals surface area contributed by atoms with Gasteiger partial charge in [-0.2, -0.15) is 0 Å². The molecule has 0 heterocycles. The average Bonchev–Trinajstić information content (AvgIpc) is 3.16. The van der Waals surface area contributed by atoms with Gasteiger partial charge >= 0.3 is 5.97 Å². The Morgan fingerprint density at radius 2 is 2.11 bits per heavy atom. The van der Waals surface area contributed by atoms with E-state index in [-0.39, 0.29) is 5.97 Å². The summed E-state index contributed by atoms with van der Waals surface area (Å²) >= 11 is 12.0. The molecule has 1 aromatic rings. The summed E-state index contributed by atoms with van der Waals surface area (Å²) < 4.78 is 5.18. The molecule has 1 saturated carbocycles. The number of benzene rings is 1. The maximum absolute atomic E-state index is 12.3. The molecule has 2 rings (SSSR count). The lowest BCUT2D eigenvalue weighted by Crippen LogP contribution is -2.48. The number of nitrogens with one attached hydrogen (secondary N) is 1. The molecule has 104 valence electrons. The molecule has 19 heavy (non-hydrogen) atoms. The highest BCUT2D eigenvalue weighted by Crippen LogP contribution is 2.33. The molecule has 1 aromatic carbocycles. The largest absolute Gasteiger partial charge is 0.464 e. The lowest BCUT2D eigenvalue weighted by atomic mass is 9.91. The molecular formula is C14H17Cl2NO2. The summed E-state index contributed by atoms with van der Waals surface area (Å²) in [7, 11) is 0. The van der Waals surface area contributed by atoms with Crippen molar-refractivity contribution in [2.45, 2.75) is 38.3 Å². The van der Waals surface area contributed by atoms with Gasteiger partial charge in [-0.05, 0) is 44.4 Å². The van der Waals surface area contributed by atoms with Gasteiger partial charge in [0.25, 0.3) is 0 Å². The van der Waals surface area contributed by atoms with Crippen LogP contribution in [0.4, 0.5) is 0 Å². The number of ether oxygens (including phenoxy) is 1. The summed E-state index contributed by atoms with van der Waals surface area (Å²) in [5, 5.41) is 4.25. The van der Waals surface area contributed by atoms with E-state index in [0.29, 0.717) is 22.7 Å². The van der Waals surface area contributed by atoms with Crippen molar-refractivity contribution >= 4 is 29.2 Å². The Kier molecular flexibility index (Phi) is 4.39. The van der Waals surface area contributed by atoms with Crippen LogP contribution in [0.15, 0.2) is 18.2 Å². The molecule has 1 aliphatic rings. The Bertz CT molecular complexity index is 488. The summed E-state index contributed by atoms with van der Waals surface area (Å²) in [5.41, 5.74) is -0.113. The molecule has 0 radical (unpaired) electrons. The maximum atomic E-state index is 12.3. The molecule has 0 aliphatic heterocycles. The maximum Gasteiger partial charge on any atom is 0.330 e. The number of halogens is 2. The van der Waals surface area contributed by atoms with Crippen molar-refractivity contribution in [3.05, 3.63) is 33.8 Å². The first kappa shape index (κ1) is 14.6. The molecule has 3 nitrogen and oxygen atoms in total. The normalized spacial score (nSPS) is 17.9. The highest BCUT2D eigenvalue weighted by Gasteiger charge is 2.41. The van der Waals surface area contributed by atoms with Crippen molar-refractivity contribution in [1.82, 2.24) is 5.32 Å². The number of hydrogen-bond donors (Lipinski definition) is 1. The summed E-state index contributed by atoms with van der Waals surface area (Å²) in [6, 6.07) is 5.59. The predicted molar refractivity (Wildman–Crippen MR) is 76.6 cm³/mol. The van der Waals surface area contributed by atoms with Crippen molar-refractivity contribution in [2.75, 3.05) is 6.61 Å². The zero-order valence-electron chi connectivity index (χ0n) is 11.0. The second kappa shape index (κ2) is 5.70. The molecule has 1 atom stereocenters. The highest BCUT2D eigenvalue weighted by molar-refractivity contribution is 6.42. The average molecular weight is 302 g/mol. The van der Waals surface area contributed by atoms with Gasteiger partial charge in [-0.3, -0.25) is 5.32 Å². The lowest BCUT2D eigenvalue weighted by Gasteiger charge is -2.29. The molecule has 1 unspecified atom stereocenters. The van der Waals surface area contributed by atoms with Gasteiger partial charge < -0.3 is 4.74 Å². The number of esters is 1. The SMILES string of the molecule is CCOC(=O)C(C)(NC1CC1)c1ccc(Cl)c(Cl)c1. The van der Waals surface area contributed by atoms with E-state index >= 15 is 0 Å². The third kappa shape index (κ3) is 3.22. The third-order valence-electron chi connectivity index (χ3n) is 3.25. The van der Waals surface area contributed by atoms with Crippen LogP contribution in [0.1, 0.15) is 32.3 Å². The van der Waals surface area contributed by atoms with Crippen LogP contribution in [-0.2, 0) is 15.1 Å². The van der Waals surface area contributed by atoms with E-state index in [4.69, 9.17) is 27.9 Å². The van der Waals surface area contributed by atoms with Gasteiger partial charge in [-0.1, -0.05) is 29.3 Å². The van der Waals surface area contributed by atoms with E-state index in [9.17, 15) is 4.79 Å². The molecule has 5 heteroatoms. The molecule has 0 spiro atoms. The molecule has 0 saturated heterocycles. The first-order valence-electron chi connectivity index (χ1n) is 6.38. The molecule has 0 bridgehead atoms. The van der Waals surface area contributed by atoms with Gasteiger partial charge in [0.2, 0.25) is 0 Å². The van der Waals surface area contributed by atoms with Crippen LogP contribution < -0.4 is 5.32 Å². The number of rotatable bonds is 5. The molecular weight excluding hydrogens is 285 g/mol. The van der Waals surface area contributed by atoms with Gasteiger partial charge in [0.1, 0.15) is 5.54 Å². The Labute approximate surface area is 123 Å². The van der Waals surface area contributed by atoms with Crippen LogP contribution in [0.25, 0.3) is 0 Å². The van der Waals surface area contributed by atoms with Crippen molar-refractivity contribution in [3.63, 3.8) is 0 Å². The van der Waals surface area contributed by atoms with Crippen LogP contribution in [0.5, 0.6) is 0 Å². The minimum atomic E-state index is -0.884. The van der Waals surface area contributed by atoms with E-state index in [1.807, 2.05) is 6.92 Å². The number of hydrogen-bond acceptors (Lipinski definition) is 3. The zero-order valence-corrected chi connectivity index (χ0v) is 12.5. The molecule has 0 aromatic heterocycles. The Balaban J connectivity index is 2.34. The van der Waals surface area contributed by atoms with Crippen LogP contribution in [0, 0.1) is 0 Å². The predicted octanol–water partition coefficient (Wildman–Crippen LogP) is 3.52. The van der Waals surface area contributed by atoms with E-state index in [0.717, 1.165) is 18.4 Å². The van der Waals surface area contributed by atoms with Crippen molar-refractivity contribution < 1.29 is 9.53 Å². The topological polar surface area (TPSA) is 38.3 Å². The van der Waals surface area contributed by atoms with Gasteiger partial charge in [0.05, 0.1) is 16.7 Å². The Morgan fingerprint density at radius 1 is 1.42 bits per heavy atom. The smallest absolute Gasteiger partial charge is 0.330 e. The molecule has 1 aliphatic carbocycles. The molecule has 0 amide bonds. The fourth-order valence-electron chi connectivity index (χ4n) is 1.98. The minimum Gasteiger partial charge on any atom is -0.464 e. The monoisotopic (exact) mass is 301 g/mol. The van der Waals surface area contributed by atoms with Crippen LogP contribution >= 0.6 is 23.2 Å². The lowest BCUT2D eigenvalue weighted by molar-refractivity contribution is -0.151. The van der Waals surface area contributed by atoms with Gasteiger partial charge in [-0.15, -0.1) is 0 Å². The van der Waals surface area contributed by atoms with Crippen molar-refractivity contribution in [1.29, 1.82) is 0 Å². The number of carbonyl (C=O) groups excluding carboxylic acids is 1. The Morgan fingerprint density at radius 3 is 2.63 bits per heavy atom. The van der Waals surface area contributed by atoms with E-state index in [2.05, 4.69) is 5.32 Å².